The third-order valence-electron chi connectivity index (χ3n) is 3.32. The molecule has 1 heteroatoms. The van der Waals surface area contributed by atoms with E-state index < -0.39 is 0 Å². The van der Waals surface area contributed by atoms with Gasteiger partial charge in [0.25, 0.3) is 0 Å². The van der Waals surface area contributed by atoms with Gasteiger partial charge in [-0.05, 0) is 38.2 Å². The highest BCUT2D eigenvalue weighted by Gasteiger charge is 2.03. The van der Waals surface area contributed by atoms with Crippen LogP contribution in [0.15, 0.2) is 23.9 Å². The smallest absolute Gasteiger partial charge is 0.0171 e. The Kier molecular flexibility index (Phi) is 7.03. The lowest BCUT2D eigenvalue weighted by molar-refractivity contribution is 0.385. The Morgan fingerprint density at radius 2 is 2.00 bits per heavy atom. The Hall–Kier alpha value is -0.720. The third-order valence-corrected chi connectivity index (χ3v) is 3.32. The summed E-state index contributed by atoms with van der Waals surface area (Å²) in [7, 11) is 2.24. The van der Waals surface area contributed by atoms with Gasteiger partial charge in [-0.15, -0.1) is 0 Å². The zero-order valence-electron chi connectivity index (χ0n) is 11.0. The van der Waals surface area contributed by atoms with Crippen molar-refractivity contribution >= 4 is 0 Å². The van der Waals surface area contributed by atoms with Crippen molar-refractivity contribution in [3.05, 3.63) is 23.9 Å². The average Bonchev–Trinajstić information content (AvgIpc) is 2.32. The molecule has 1 nitrogen and oxygen atoms in total. The van der Waals surface area contributed by atoms with Crippen molar-refractivity contribution in [2.24, 2.45) is 0 Å². The molecule has 0 saturated carbocycles. The van der Waals surface area contributed by atoms with Gasteiger partial charge in [-0.1, -0.05) is 38.3 Å². The van der Waals surface area contributed by atoms with Crippen LogP contribution in [-0.4, -0.2) is 18.5 Å². The number of hydrogen-bond acceptors (Lipinski definition) is 1. The van der Waals surface area contributed by atoms with E-state index >= 15 is 0 Å². The predicted molar refractivity (Wildman–Crippen MR) is 72.5 cm³/mol. The molecule has 0 amide bonds. The van der Waals surface area contributed by atoms with Crippen molar-refractivity contribution in [2.45, 2.75) is 58.3 Å². The maximum Gasteiger partial charge on any atom is 0.0171 e. The molecule has 0 spiro atoms. The van der Waals surface area contributed by atoms with Gasteiger partial charge in [-0.25, -0.2) is 0 Å². The van der Waals surface area contributed by atoms with E-state index in [-0.39, 0.29) is 0 Å². The molecule has 0 aromatic rings. The summed E-state index contributed by atoms with van der Waals surface area (Å²) >= 11 is 0. The van der Waals surface area contributed by atoms with Crippen LogP contribution in [0.2, 0.25) is 0 Å². The van der Waals surface area contributed by atoms with Gasteiger partial charge in [-0.2, -0.15) is 0 Å². The van der Waals surface area contributed by atoms with E-state index in [2.05, 4.69) is 37.1 Å². The van der Waals surface area contributed by atoms with Crippen LogP contribution in [0.3, 0.4) is 0 Å². The van der Waals surface area contributed by atoms with Crippen molar-refractivity contribution in [3.8, 4) is 0 Å². The van der Waals surface area contributed by atoms with Crippen molar-refractivity contribution in [2.75, 3.05) is 13.6 Å². The summed E-state index contributed by atoms with van der Waals surface area (Å²) in [6, 6.07) is 0. The second kappa shape index (κ2) is 8.43. The molecule has 0 heterocycles. The zero-order valence-corrected chi connectivity index (χ0v) is 11.0. The van der Waals surface area contributed by atoms with E-state index in [4.69, 9.17) is 0 Å². The van der Waals surface area contributed by atoms with Gasteiger partial charge in [0.2, 0.25) is 0 Å². The van der Waals surface area contributed by atoms with E-state index in [0.29, 0.717) is 0 Å². The Bertz CT molecular complexity index is 228. The fraction of sp³-hybridized carbons (Fsp3) is 0.733. The molecule has 1 aliphatic rings. The lowest BCUT2D eigenvalue weighted by Crippen LogP contribution is -2.19. The second-order valence-electron chi connectivity index (χ2n) is 4.81. The molecule has 0 aliphatic heterocycles. The molecule has 0 fully saturated rings. The summed E-state index contributed by atoms with van der Waals surface area (Å²) < 4.78 is 0. The maximum absolute atomic E-state index is 2.44. The van der Waals surface area contributed by atoms with E-state index in [9.17, 15) is 0 Å². The van der Waals surface area contributed by atoms with E-state index in [0.717, 1.165) is 0 Å². The standard InChI is InChI=1S/C15H27N/c1-3-4-14-16(2)15-12-10-8-6-5-7-9-11-13-15/h8,10,12H,3-7,9,11,13-14H2,1-2H3/b10-8-,15-12+. The van der Waals surface area contributed by atoms with Gasteiger partial charge < -0.3 is 4.90 Å². The normalized spacial score (nSPS) is 23.2. The summed E-state index contributed by atoms with van der Waals surface area (Å²) in [6.07, 6.45) is 17.5. The zero-order chi connectivity index (χ0) is 11.6. The minimum Gasteiger partial charge on any atom is -0.378 e. The van der Waals surface area contributed by atoms with Crippen molar-refractivity contribution in [3.63, 3.8) is 0 Å². The van der Waals surface area contributed by atoms with Crippen LogP contribution in [0.1, 0.15) is 58.3 Å². The molecule has 1 aliphatic carbocycles. The third kappa shape index (κ3) is 5.39. The quantitative estimate of drug-likeness (QED) is 0.675. The minimum atomic E-state index is 1.20. The summed E-state index contributed by atoms with van der Waals surface area (Å²) in [4.78, 5) is 2.44. The first-order valence-electron chi connectivity index (χ1n) is 6.91. The van der Waals surface area contributed by atoms with Crippen molar-refractivity contribution < 1.29 is 0 Å². The Balaban J connectivity index is 2.50. The molecule has 92 valence electrons. The van der Waals surface area contributed by atoms with Crippen molar-refractivity contribution in [1.82, 2.24) is 4.90 Å². The largest absolute Gasteiger partial charge is 0.378 e. The first-order chi connectivity index (χ1) is 7.84. The van der Waals surface area contributed by atoms with Gasteiger partial charge in [0, 0.05) is 19.3 Å². The van der Waals surface area contributed by atoms with Crippen LogP contribution in [0.25, 0.3) is 0 Å². The Morgan fingerprint density at radius 3 is 2.81 bits per heavy atom. The van der Waals surface area contributed by atoms with Crippen LogP contribution in [0, 0.1) is 0 Å². The average molecular weight is 221 g/mol. The van der Waals surface area contributed by atoms with Crippen LogP contribution in [0.4, 0.5) is 0 Å². The van der Waals surface area contributed by atoms with Gasteiger partial charge in [-0.3, -0.25) is 0 Å². The van der Waals surface area contributed by atoms with E-state index in [1.165, 1.54) is 63.6 Å². The Morgan fingerprint density at radius 1 is 1.19 bits per heavy atom. The molecule has 0 saturated heterocycles. The minimum absolute atomic E-state index is 1.20. The molecule has 0 N–H and O–H groups in total. The second-order valence-corrected chi connectivity index (χ2v) is 4.81. The van der Waals surface area contributed by atoms with Gasteiger partial charge in [0.1, 0.15) is 0 Å². The van der Waals surface area contributed by atoms with Gasteiger partial charge in [0.15, 0.2) is 0 Å². The van der Waals surface area contributed by atoms with Crippen LogP contribution >= 0.6 is 0 Å². The van der Waals surface area contributed by atoms with Gasteiger partial charge >= 0.3 is 0 Å². The molecule has 0 radical (unpaired) electrons. The first-order valence-corrected chi connectivity index (χ1v) is 6.91. The molecule has 0 unspecified atom stereocenters. The van der Waals surface area contributed by atoms with E-state index in [1.807, 2.05) is 0 Å². The molecular weight excluding hydrogens is 194 g/mol. The van der Waals surface area contributed by atoms with Crippen LogP contribution in [0.5, 0.6) is 0 Å². The molecule has 0 bridgehead atoms. The van der Waals surface area contributed by atoms with Crippen LogP contribution < -0.4 is 0 Å². The number of nitrogens with zero attached hydrogens (tertiary/aromatic N) is 1. The monoisotopic (exact) mass is 221 g/mol. The highest BCUT2D eigenvalue weighted by atomic mass is 15.1. The summed E-state index contributed by atoms with van der Waals surface area (Å²) in [5, 5.41) is 0. The number of allylic oxidation sites excluding steroid dienone is 4. The number of unbranched alkanes of at least 4 members (excludes halogenated alkanes) is 1. The van der Waals surface area contributed by atoms with Crippen LogP contribution in [-0.2, 0) is 0 Å². The predicted octanol–water partition coefficient (Wildman–Crippen LogP) is 4.51. The van der Waals surface area contributed by atoms with E-state index in [1.54, 1.807) is 0 Å². The summed E-state index contributed by atoms with van der Waals surface area (Å²) in [5.41, 5.74) is 1.52. The fourth-order valence-electron chi connectivity index (χ4n) is 2.14. The summed E-state index contributed by atoms with van der Waals surface area (Å²) in [5.74, 6) is 0. The maximum atomic E-state index is 2.44. The lowest BCUT2D eigenvalue weighted by atomic mass is 10.1. The molecule has 0 atom stereocenters. The first kappa shape index (κ1) is 13.3. The molecular formula is C15H27N. The highest BCUT2D eigenvalue weighted by Crippen LogP contribution is 2.16. The highest BCUT2D eigenvalue weighted by molar-refractivity contribution is 5.11. The summed E-state index contributed by atoms with van der Waals surface area (Å²) in [6.45, 7) is 3.46. The molecule has 0 aromatic heterocycles. The SMILES string of the molecule is CCCCN(C)/C1=C/C=C\CCCCCC1. The number of rotatable bonds is 4. The fourth-order valence-corrected chi connectivity index (χ4v) is 2.14. The van der Waals surface area contributed by atoms with Gasteiger partial charge in [0.05, 0.1) is 0 Å². The molecule has 1 rings (SSSR count). The molecule has 0 aromatic carbocycles. The Labute approximate surface area is 101 Å². The topological polar surface area (TPSA) is 3.24 Å². The van der Waals surface area contributed by atoms with Crippen molar-refractivity contribution in [1.29, 1.82) is 0 Å². The molecule has 16 heavy (non-hydrogen) atoms. The number of hydrogen-bond donors (Lipinski definition) is 0. The lowest BCUT2D eigenvalue weighted by Gasteiger charge is -2.22.